The highest BCUT2D eigenvalue weighted by atomic mass is 16.6. The Morgan fingerprint density at radius 2 is 2.00 bits per heavy atom. The molecule has 7 heteroatoms. The van der Waals surface area contributed by atoms with Gasteiger partial charge in [0.1, 0.15) is 0 Å². The first-order chi connectivity index (χ1) is 6.87. The molecule has 0 bridgehead atoms. The molecule has 0 aliphatic rings. The highest BCUT2D eigenvalue weighted by Crippen LogP contribution is 2.26. The van der Waals surface area contributed by atoms with Gasteiger partial charge in [-0.25, -0.2) is 4.79 Å². The lowest BCUT2D eigenvalue weighted by Gasteiger charge is -2.17. The Bertz CT molecular complexity index is 415. The first kappa shape index (κ1) is 11.1. The van der Waals surface area contributed by atoms with Gasteiger partial charge in [-0.2, -0.15) is 0 Å². The summed E-state index contributed by atoms with van der Waals surface area (Å²) in [6.45, 7) is 0. The monoisotopic (exact) mass is 212 g/mol. The molecular weight excluding hydrogens is 204 g/mol. The zero-order valence-electron chi connectivity index (χ0n) is 7.45. The lowest BCUT2D eigenvalue weighted by atomic mass is 10.0. The van der Waals surface area contributed by atoms with Gasteiger partial charge in [0.2, 0.25) is 5.72 Å². The quantitative estimate of drug-likeness (QED) is 0.361. The second-order valence-corrected chi connectivity index (χ2v) is 2.85. The molecule has 0 fully saturated rings. The number of nitro benzene ring substituents is 1. The van der Waals surface area contributed by atoms with E-state index in [2.05, 4.69) is 0 Å². The van der Waals surface area contributed by atoms with E-state index in [-0.39, 0.29) is 0 Å². The van der Waals surface area contributed by atoms with Crippen LogP contribution in [0.15, 0.2) is 24.3 Å². The van der Waals surface area contributed by atoms with Gasteiger partial charge in [0, 0.05) is 6.07 Å². The van der Waals surface area contributed by atoms with Crippen molar-refractivity contribution >= 4 is 11.7 Å². The number of aliphatic hydroxyl groups is 1. The molecule has 80 valence electrons. The molecule has 0 heterocycles. The van der Waals surface area contributed by atoms with E-state index in [1.807, 2.05) is 0 Å². The minimum atomic E-state index is -2.76. The van der Waals surface area contributed by atoms with E-state index in [0.29, 0.717) is 0 Å². The van der Waals surface area contributed by atoms with Gasteiger partial charge in [-0.1, -0.05) is 12.1 Å². The van der Waals surface area contributed by atoms with Gasteiger partial charge in [0.25, 0.3) is 5.69 Å². The molecule has 0 spiro atoms. The van der Waals surface area contributed by atoms with Crippen LogP contribution in [0.1, 0.15) is 5.56 Å². The van der Waals surface area contributed by atoms with Crippen molar-refractivity contribution in [2.75, 3.05) is 0 Å². The Hall–Kier alpha value is -1.99. The topological polar surface area (TPSA) is 127 Å². The van der Waals surface area contributed by atoms with Crippen LogP contribution in [0.25, 0.3) is 0 Å². The van der Waals surface area contributed by atoms with Crippen LogP contribution in [0, 0.1) is 10.1 Å². The summed E-state index contributed by atoms with van der Waals surface area (Å²) >= 11 is 0. The van der Waals surface area contributed by atoms with Crippen LogP contribution in [-0.2, 0) is 10.5 Å². The largest absolute Gasteiger partial charge is 0.478 e. The molecule has 7 nitrogen and oxygen atoms in total. The van der Waals surface area contributed by atoms with Gasteiger partial charge in [0.05, 0.1) is 10.5 Å². The van der Waals surface area contributed by atoms with Crippen molar-refractivity contribution in [2.24, 2.45) is 5.73 Å². The van der Waals surface area contributed by atoms with Crippen LogP contribution in [0.2, 0.25) is 0 Å². The van der Waals surface area contributed by atoms with Crippen LogP contribution in [0.3, 0.4) is 0 Å². The number of nitro groups is 1. The first-order valence-corrected chi connectivity index (χ1v) is 3.86. The summed E-state index contributed by atoms with van der Waals surface area (Å²) in [6, 6.07) is 4.85. The molecule has 1 aromatic rings. The number of hydrogen-bond acceptors (Lipinski definition) is 5. The SMILES string of the molecule is NC(O)(C(=O)O)c1ccccc1[N+](=O)[O-]. The van der Waals surface area contributed by atoms with E-state index in [1.165, 1.54) is 12.1 Å². The predicted molar refractivity (Wildman–Crippen MR) is 48.8 cm³/mol. The maximum absolute atomic E-state index is 10.6. The molecule has 1 unspecified atom stereocenters. The van der Waals surface area contributed by atoms with E-state index in [4.69, 9.17) is 10.8 Å². The highest BCUT2D eigenvalue weighted by Gasteiger charge is 2.38. The third-order valence-corrected chi connectivity index (χ3v) is 1.84. The lowest BCUT2D eigenvalue weighted by Crippen LogP contribution is -2.45. The summed E-state index contributed by atoms with van der Waals surface area (Å²) in [5, 5.41) is 28.5. The summed E-state index contributed by atoms with van der Waals surface area (Å²) in [6.07, 6.45) is 0. The van der Waals surface area contributed by atoms with Crippen molar-refractivity contribution in [1.82, 2.24) is 0 Å². The molecule has 0 aromatic heterocycles. The van der Waals surface area contributed by atoms with Gasteiger partial charge in [-0.15, -0.1) is 0 Å². The molecule has 0 aliphatic carbocycles. The molecular formula is C8H8N2O5. The molecule has 0 radical (unpaired) electrons. The maximum Gasteiger partial charge on any atom is 0.356 e. The molecule has 1 aromatic carbocycles. The summed E-state index contributed by atoms with van der Waals surface area (Å²) < 4.78 is 0. The van der Waals surface area contributed by atoms with E-state index >= 15 is 0 Å². The van der Waals surface area contributed by atoms with E-state index in [1.54, 1.807) is 0 Å². The first-order valence-electron chi connectivity index (χ1n) is 3.86. The van der Waals surface area contributed by atoms with Gasteiger partial charge >= 0.3 is 5.97 Å². The number of para-hydroxylation sites is 1. The Morgan fingerprint density at radius 1 is 1.47 bits per heavy atom. The normalized spacial score (nSPS) is 14.3. The third kappa shape index (κ3) is 1.92. The number of carboxylic acids is 1. The minimum Gasteiger partial charge on any atom is -0.478 e. The second kappa shape index (κ2) is 3.64. The molecule has 15 heavy (non-hydrogen) atoms. The molecule has 4 N–H and O–H groups in total. The zero-order chi connectivity index (χ0) is 11.6. The Morgan fingerprint density at radius 3 is 2.47 bits per heavy atom. The highest BCUT2D eigenvalue weighted by molar-refractivity contribution is 5.79. The number of rotatable bonds is 3. The van der Waals surface area contributed by atoms with Crippen LogP contribution in [-0.4, -0.2) is 21.1 Å². The fourth-order valence-electron chi connectivity index (χ4n) is 1.07. The van der Waals surface area contributed by atoms with E-state index < -0.39 is 27.9 Å². The molecule has 1 atom stereocenters. The summed E-state index contributed by atoms with van der Waals surface area (Å²) in [4.78, 5) is 20.3. The molecule has 0 saturated heterocycles. The van der Waals surface area contributed by atoms with Crippen LogP contribution in [0.5, 0.6) is 0 Å². The lowest BCUT2D eigenvalue weighted by molar-refractivity contribution is -0.386. The molecule has 0 saturated carbocycles. The fraction of sp³-hybridized carbons (Fsp3) is 0.125. The minimum absolute atomic E-state index is 0.456. The van der Waals surface area contributed by atoms with E-state index in [0.717, 1.165) is 12.1 Å². The number of carboxylic acid groups (broad SMARTS) is 1. The number of aliphatic carboxylic acids is 1. The van der Waals surface area contributed by atoms with Crippen LogP contribution < -0.4 is 5.73 Å². The third-order valence-electron chi connectivity index (χ3n) is 1.84. The number of hydrogen-bond donors (Lipinski definition) is 3. The van der Waals surface area contributed by atoms with Gasteiger partial charge in [-0.05, 0) is 6.07 Å². The summed E-state index contributed by atoms with van der Waals surface area (Å²) in [5.74, 6) is -1.75. The van der Waals surface area contributed by atoms with Crippen molar-refractivity contribution < 1.29 is 19.9 Å². The van der Waals surface area contributed by atoms with Crippen LogP contribution >= 0.6 is 0 Å². The van der Waals surface area contributed by atoms with Crippen molar-refractivity contribution in [2.45, 2.75) is 5.72 Å². The summed E-state index contributed by atoms with van der Waals surface area (Å²) in [7, 11) is 0. The fourth-order valence-corrected chi connectivity index (χ4v) is 1.07. The van der Waals surface area contributed by atoms with Crippen LogP contribution in [0.4, 0.5) is 5.69 Å². The summed E-state index contributed by atoms with van der Waals surface area (Å²) in [5.41, 5.74) is 1.32. The number of carbonyl (C=O) groups is 1. The van der Waals surface area contributed by atoms with Crippen molar-refractivity contribution in [3.05, 3.63) is 39.9 Å². The second-order valence-electron chi connectivity index (χ2n) is 2.85. The predicted octanol–water partition coefficient (Wildman–Crippen LogP) is -0.217. The number of nitrogens with zero attached hydrogens (tertiary/aromatic N) is 1. The Kier molecular flexibility index (Phi) is 2.69. The average Bonchev–Trinajstić information content (AvgIpc) is 2.17. The van der Waals surface area contributed by atoms with Gasteiger partial charge in [-0.3, -0.25) is 15.8 Å². The van der Waals surface area contributed by atoms with Crippen molar-refractivity contribution in [3.63, 3.8) is 0 Å². The smallest absolute Gasteiger partial charge is 0.356 e. The Labute approximate surface area is 83.9 Å². The number of nitrogens with two attached hydrogens (primary N) is 1. The van der Waals surface area contributed by atoms with Gasteiger partial charge < -0.3 is 10.2 Å². The molecule has 1 rings (SSSR count). The zero-order valence-corrected chi connectivity index (χ0v) is 7.45. The van der Waals surface area contributed by atoms with E-state index in [9.17, 15) is 20.0 Å². The maximum atomic E-state index is 10.6. The van der Waals surface area contributed by atoms with Crippen molar-refractivity contribution in [1.29, 1.82) is 0 Å². The number of benzene rings is 1. The Balaban J connectivity index is 3.37. The van der Waals surface area contributed by atoms with Gasteiger partial charge in [0.15, 0.2) is 0 Å². The van der Waals surface area contributed by atoms with Crippen molar-refractivity contribution in [3.8, 4) is 0 Å². The average molecular weight is 212 g/mol. The standard InChI is InChI=1S/C8H8N2O5/c9-8(13,7(11)12)5-3-1-2-4-6(5)10(14)15/h1-4,13H,9H2,(H,11,12). The molecule has 0 aliphatic heterocycles. The molecule has 0 amide bonds.